The Balaban J connectivity index is 1.32. The summed E-state index contributed by atoms with van der Waals surface area (Å²) < 4.78 is 1.50. The molecular formula is C28H26ClN5O4. The third kappa shape index (κ3) is 5.19. The third-order valence-corrected chi connectivity index (χ3v) is 7.15. The van der Waals surface area contributed by atoms with Crippen molar-refractivity contribution in [2.45, 2.75) is 19.4 Å². The first kappa shape index (κ1) is 25.3. The number of hydrogen-bond donors (Lipinski definition) is 3. The van der Waals surface area contributed by atoms with Gasteiger partial charge in [0.1, 0.15) is 0 Å². The van der Waals surface area contributed by atoms with Crippen molar-refractivity contribution < 1.29 is 14.4 Å². The maximum Gasteiger partial charge on any atom is 0.255 e. The lowest BCUT2D eigenvalue weighted by atomic mass is 9.90. The Morgan fingerprint density at radius 2 is 1.84 bits per heavy atom. The number of fused-ring (bicyclic) bond motifs is 1. The highest BCUT2D eigenvalue weighted by Gasteiger charge is 2.36. The summed E-state index contributed by atoms with van der Waals surface area (Å²) in [5.41, 5.74) is 2.23. The molecule has 0 radical (unpaired) electrons. The number of halogens is 1. The molecule has 2 aromatic carbocycles. The average molecular weight is 532 g/mol. The molecule has 2 aromatic heterocycles. The van der Waals surface area contributed by atoms with Crippen LogP contribution < -0.4 is 16.2 Å². The molecule has 5 rings (SSSR count). The van der Waals surface area contributed by atoms with Gasteiger partial charge in [0.25, 0.3) is 11.5 Å². The molecule has 3 N–H and O–H groups in total. The van der Waals surface area contributed by atoms with Gasteiger partial charge in [0.05, 0.1) is 10.9 Å². The fourth-order valence-electron chi connectivity index (χ4n) is 4.74. The summed E-state index contributed by atoms with van der Waals surface area (Å²) >= 11 is 6.14. The summed E-state index contributed by atoms with van der Waals surface area (Å²) in [5.74, 6) is -1.40. The smallest absolute Gasteiger partial charge is 0.255 e. The zero-order valence-corrected chi connectivity index (χ0v) is 21.4. The molecule has 4 aromatic rings. The van der Waals surface area contributed by atoms with Crippen molar-refractivity contribution in [3.05, 3.63) is 94.0 Å². The number of carbonyl (C=O) groups is 3. The Morgan fingerprint density at radius 3 is 2.58 bits per heavy atom. The van der Waals surface area contributed by atoms with E-state index in [0.717, 1.165) is 10.9 Å². The third-order valence-electron chi connectivity index (χ3n) is 6.84. The maximum atomic E-state index is 13.4. The second kappa shape index (κ2) is 10.5. The molecule has 0 aliphatic carbocycles. The van der Waals surface area contributed by atoms with E-state index in [9.17, 15) is 19.2 Å². The van der Waals surface area contributed by atoms with Gasteiger partial charge in [0, 0.05) is 72.4 Å². The second-order valence-corrected chi connectivity index (χ2v) is 9.69. The van der Waals surface area contributed by atoms with Crippen LogP contribution in [0.25, 0.3) is 16.6 Å². The number of aromatic amines is 1. The van der Waals surface area contributed by atoms with E-state index in [0.29, 0.717) is 34.9 Å². The van der Waals surface area contributed by atoms with Crippen LogP contribution in [0.5, 0.6) is 0 Å². The quantitative estimate of drug-likeness (QED) is 0.365. The van der Waals surface area contributed by atoms with Gasteiger partial charge in [-0.15, -0.1) is 0 Å². The van der Waals surface area contributed by atoms with Crippen molar-refractivity contribution >= 4 is 45.9 Å². The van der Waals surface area contributed by atoms with Crippen molar-refractivity contribution in [2.75, 3.05) is 18.4 Å². The molecule has 9 nitrogen and oxygen atoms in total. The molecule has 1 fully saturated rings. The van der Waals surface area contributed by atoms with Gasteiger partial charge in [-0.1, -0.05) is 23.7 Å². The number of aromatic nitrogens is 2. The van der Waals surface area contributed by atoms with Crippen molar-refractivity contribution in [3.63, 3.8) is 0 Å². The van der Waals surface area contributed by atoms with Crippen LogP contribution in [0.3, 0.4) is 0 Å². The lowest BCUT2D eigenvalue weighted by Crippen LogP contribution is -2.55. The lowest BCUT2D eigenvalue weighted by molar-refractivity contribution is -0.133. The zero-order valence-electron chi connectivity index (χ0n) is 20.6. The Labute approximate surface area is 223 Å². The van der Waals surface area contributed by atoms with Crippen molar-refractivity contribution in [3.8, 4) is 5.69 Å². The number of benzene rings is 2. The van der Waals surface area contributed by atoms with Crippen LogP contribution in [0.4, 0.5) is 5.69 Å². The van der Waals surface area contributed by atoms with E-state index in [1.807, 2.05) is 0 Å². The molecular weight excluding hydrogens is 506 g/mol. The highest BCUT2D eigenvalue weighted by atomic mass is 35.5. The van der Waals surface area contributed by atoms with Crippen LogP contribution in [0.2, 0.25) is 5.02 Å². The minimum absolute atomic E-state index is 0.126. The van der Waals surface area contributed by atoms with Gasteiger partial charge in [0.2, 0.25) is 11.8 Å². The predicted molar refractivity (Wildman–Crippen MR) is 146 cm³/mol. The van der Waals surface area contributed by atoms with Crippen LogP contribution in [0, 0.1) is 5.92 Å². The molecule has 1 aliphatic heterocycles. The standard InChI is InChI=1S/C28H26ClN5O4/c1-17(35)33-13-11-24(32-27(37)18-5-10-21-23(29)15-30-25(21)14-18)22(16-33)28(38)31-19-6-8-20(9-7-19)34-12-3-2-4-26(34)36/h2-10,12,14-15,22,24,30H,11,13,16H2,1H3,(H,31,38)(H,32,37)/t22-,24+/m0/s1. The molecule has 10 heteroatoms. The number of likely N-dealkylation sites (tertiary alicyclic amines) is 1. The Bertz CT molecular complexity index is 1580. The molecule has 1 aliphatic rings. The number of amides is 3. The van der Waals surface area contributed by atoms with Gasteiger partial charge in [-0.2, -0.15) is 0 Å². The number of rotatable bonds is 5. The molecule has 0 bridgehead atoms. The number of pyridine rings is 1. The van der Waals surface area contributed by atoms with E-state index in [1.165, 1.54) is 17.6 Å². The normalized spacial score (nSPS) is 17.3. The van der Waals surface area contributed by atoms with Gasteiger partial charge in [-0.3, -0.25) is 23.7 Å². The first-order chi connectivity index (χ1) is 18.3. The van der Waals surface area contributed by atoms with Gasteiger partial charge < -0.3 is 20.5 Å². The van der Waals surface area contributed by atoms with Gasteiger partial charge in [-0.25, -0.2) is 0 Å². The summed E-state index contributed by atoms with van der Waals surface area (Å²) in [4.78, 5) is 55.3. The van der Waals surface area contributed by atoms with E-state index in [-0.39, 0.29) is 29.8 Å². The SMILES string of the molecule is CC(=O)N1CC[C@@H](NC(=O)c2ccc3c(Cl)c[nH]c3c2)[C@@H](C(=O)Nc2ccc(-n3ccccc3=O)cc2)C1. The average Bonchev–Trinajstić information content (AvgIpc) is 3.29. The summed E-state index contributed by atoms with van der Waals surface area (Å²) in [6.07, 6.45) is 3.77. The number of hydrogen-bond acceptors (Lipinski definition) is 4. The Kier molecular flexibility index (Phi) is 7.02. The molecule has 3 amide bonds. The largest absolute Gasteiger partial charge is 0.360 e. The topological polar surface area (TPSA) is 116 Å². The predicted octanol–water partition coefficient (Wildman–Crippen LogP) is 3.58. The number of nitrogens with zero attached hydrogens (tertiary/aromatic N) is 2. The van der Waals surface area contributed by atoms with Gasteiger partial charge in [0.15, 0.2) is 0 Å². The monoisotopic (exact) mass is 531 g/mol. The van der Waals surface area contributed by atoms with Crippen LogP contribution in [0.15, 0.2) is 77.9 Å². The maximum absolute atomic E-state index is 13.4. The second-order valence-electron chi connectivity index (χ2n) is 9.28. The van der Waals surface area contributed by atoms with Crippen LogP contribution in [0.1, 0.15) is 23.7 Å². The number of H-pyrrole nitrogens is 1. The molecule has 0 spiro atoms. The summed E-state index contributed by atoms with van der Waals surface area (Å²) in [6.45, 7) is 2.10. The highest BCUT2D eigenvalue weighted by Crippen LogP contribution is 2.25. The molecule has 2 atom stereocenters. The molecule has 3 heterocycles. The van der Waals surface area contributed by atoms with Gasteiger partial charge in [-0.05, 0) is 48.9 Å². The van der Waals surface area contributed by atoms with E-state index >= 15 is 0 Å². The van der Waals surface area contributed by atoms with E-state index < -0.39 is 12.0 Å². The molecule has 0 unspecified atom stereocenters. The fraction of sp³-hybridized carbons (Fsp3) is 0.214. The summed E-state index contributed by atoms with van der Waals surface area (Å²) in [5, 5.41) is 7.29. The molecule has 1 saturated heterocycles. The van der Waals surface area contributed by atoms with Crippen LogP contribution in [-0.2, 0) is 9.59 Å². The summed E-state index contributed by atoms with van der Waals surface area (Å²) in [6, 6.07) is 16.5. The van der Waals surface area contributed by atoms with E-state index in [1.54, 1.807) is 71.9 Å². The number of nitrogens with one attached hydrogen (secondary N) is 3. The van der Waals surface area contributed by atoms with Crippen LogP contribution >= 0.6 is 11.6 Å². The first-order valence-electron chi connectivity index (χ1n) is 12.2. The first-order valence-corrected chi connectivity index (χ1v) is 12.6. The van der Waals surface area contributed by atoms with Crippen LogP contribution in [-0.4, -0.2) is 51.3 Å². The minimum atomic E-state index is -0.656. The number of piperidine rings is 1. The van der Waals surface area contributed by atoms with Crippen molar-refractivity contribution in [2.24, 2.45) is 5.92 Å². The number of carbonyl (C=O) groups excluding carboxylic acids is 3. The molecule has 38 heavy (non-hydrogen) atoms. The lowest BCUT2D eigenvalue weighted by Gasteiger charge is -2.37. The van der Waals surface area contributed by atoms with Crippen molar-refractivity contribution in [1.29, 1.82) is 0 Å². The Morgan fingerprint density at radius 1 is 1.05 bits per heavy atom. The number of anilines is 1. The van der Waals surface area contributed by atoms with E-state index in [2.05, 4.69) is 15.6 Å². The zero-order chi connectivity index (χ0) is 26.8. The molecule has 0 saturated carbocycles. The summed E-state index contributed by atoms with van der Waals surface area (Å²) in [7, 11) is 0. The van der Waals surface area contributed by atoms with Crippen molar-refractivity contribution in [1.82, 2.24) is 19.8 Å². The Hall–Kier alpha value is -4.37. The fourth-order valence-corrected chi connectivity index (χ4v) is 4.96. The highest BCUT2D eigenvalue weighted by molar-refractivity contribution is 6.35. The van der Waals surface area contributed by atoms with E-state index in [4.69, 9.17) is 11.6 Å². The van der Waals surface area contributed by atoms with Gasteiger partial charge >= 0.3 is 0 Å². The molecule has 194 valence electrons. The minimum Gasteiger partial charge on any atom is -0.360 e.